The first kappa shape index (κ1) is 17.5. The van der Waals surface area contributed by atoms with Gasteiger partial charge in [0.1, 0.15) is 11.6 Å². The van der Waals surface area contributed by atoms with Crippen LogP contribution in [-0.2, 0) is 0 Å². The van der Waals surface area contributed by atoms with Gasteiger partial charge in [-0.2, -0.15) is 5.26 Å². The number of nitriles is 1. The molecule has 1 unspecified atom stereocenters. The quantitative estimate of drug-likeness (QED) is 0.730. The van der Waals surface area contributed by atoms with E-state index < -0.39 is 0 Å². The van der Waals surface area contributed by atoms with Gasteiger partial charge in [0.25, 0.3) is 0 Å². The van der Waals surface area contributed by atoms with Crippen molar-refractivity contribution in [3.63, 3.8) is 0 Å². The molecule has 21 heavy (non-hydrogen) atoms. The minimum Gasteiger partial charge on any atom is -0.493 e. The van der Waals surface area contributed by atoms with Crippen molar-refractivity contribution < 1.29 is 9.13 Å². The summed E-state index contributed by atoms with van der Waals surface area (Å²) in [6, 6.07) is 7.25. The first-order valence-electron chi connectivity index (χ1n) is 7.40. The number of benzene rings is 1. The fourth-order valence-corrected chi connectivity index (χ4v) is 2.02. The summed E-state index contributed by atoms with van der Waals surface area (Å²) in [5, 5.41) is 11.9. The number of rotatable bonds is 8. The molecule has 1 atom stereocenters. The van der Waals surface area contributed by atoms with E-state index in [9.17, 15) is 4.39 Å². The van der Waals surface area contributed by atoms with E-state index in [0.29, 0.717) is 17.9 Å². The molecule has 0 radical (unpaired) electrons. The molecule has 0 fully saturated rings. The number of halogens is 1. The molecule has 116 valence electrons. The summed E-state index contributed by atoms with van der Waals surface area (Å²) in [6.07, 6.45) is 2.64. The summed E-state index contributed by atoms with van der Waals surface area (Å²) >= 11 is 0. The monoisotopic (exact) mass is 292 g/mol. The Bertz CT molecular complexity index is 494. The third-order valence-corrected chi connectivity index (χ3v) is 3.64. The van der Waals surface area contributed by atoms with Crippen molar-refractivity contribution in [1.82, 2.24) is 5.32 Å². The van der Waals surface area contributed by atoms with Crippen LogP contribution in [0.15, 0.2) is 18.2 Å². The van der Waals surface area contributed by atoms with Crippen LogP contribution in [0.25, 0.3) is 0 Å². The lowest BCUT2D eigenvalue weighted by atomic mass is 9.89. The Morgan fingerprint density at radius 1 is 1.38 bits per heavy atom. The third kappa shape index (κ3) is 5.73. The van der Waals surface area contributed by atoms with Crippen LogP contribution < -0.4 is 10.1 Å². The maximum Gasteiger partial charge on any atom is 0.131 e. The van der Waals surface area contributed by atoms with Gasteiger partial charge in [-0.25, -0.2) is 4.39 Å². The van der Waals surface area contributed by atoms with E-state index in [0.717, 1.165) is 19.3 Å². The molecule has 3 nitrogen and oxygen atoms in total. The molecule has 0 aromatic heterocycles. The highest BCUT2D eigenvalue weighted by Crippen LogP contribution is 2.23. The number of nitrogens with one attached hydrogen (secondary N) is 1. The molecule has 1 aromatic rings. The molecule has 0 spiro atoms. The van der Waals surface area contributed by atoms with Crippen LogP contribution in [0.1, 0.15) is 51.6 Å². The molecule has 1 aromatic carbocycles. The number of hydrogen-bond acceptors (Lipinski definition) is 3. The molecule has 0 saturated carbocycles. The predicted octanol–water partition coefficient (Wildman–Crippen LogP) is 4.20. The zero-order chi connectivity index (χ0) is 15.9. The van der Waals surface area contributed by atoms with Gasteiger partial charge in [0.2, 0.25) is 0 Å². The molecule has 0 heterocycles. The second kappa shape index (κ2) is 7.99. The molecule has 0 aliphatic heterocycles. The van der Waals surface area contributed by atoms with Gasteiger partial charge in [0.05, 0.1) is 18.1 Å². The third-order valence-electron chi connectivity index (χ3n) is 3.64. The molecule has 0 saturated heterocycles. The topological polar surface area (TPSA) is 45.0 Å². The SMILES string of the molecule is CNC(C)c1ccc(OCCCCC(C)(C)C#N)cc1F. The van der Waals surface area contributed by atoms with Crippen LogP contribution >= 0.6 is 0 Å². The molecule has 0 aliphatic carbocycles. The lowest BCUT2D eigenvalue weighted by molar-refractivity contribution is 0.293. The Hall–Kier alpha value is -1.60. The standard InChI is InChI=1S/C17H25FN2O/c1-13(20-4)15-8-7-14(11-16(15)18)21-10-6-5-9-17(2,3)12-19/h7-8,11,13,20H,5-6,9-10H2,1-4H3. The zero-order valence-corrected chi connectivity index (χ0v) is 13.4. The van der Waals surface area contributed by atoms with Crippen LogP contribution in [-0.4, -0.2) is 13.7 Å². The Balaban J connectivity index is 2.40. The summed E-state index contributed by atoms with van der Waals surface area (Å²) in [5.41, 5.74) is 0.359. The molecular weight excluding hydrogens is 267 g/mol. The molecular formula is C17H25FN2O. The van der Waals surface area contributed by atoms with Crippen molar-refractivity contribution >= 4 is 0 Å². The van der Waals surface area contributed by atoms with Crippen molar-refractivity contribution in [2.75, 3.05) is 13.7 Å². The van der Waals surface area contributed by atoms with Crippen molar-refractivity contribution in [3.05, 3.63) is 29.6 Å². The van der Waals surface area contributed by atoms with E-state index in [2.05, 4.69) is 11.4 Å². The predicted molar refractivity (Wildman–Crippen MR) is 82.6 cm³/mol. The minimum atomic E-state index is -0.281. The average Bonchev–Trinajstić information content (AvgIpc) is 2.46. The number of hydrogen-bond donors (Lipinski definition) is 1. The van der Waals surface area contributed by atoms with Crippen molar-refractivity contribution in [1.29, 1.82) is 5.26 Å². The summed E-state index contributed by atoms with van der Waals surface area (Å²) in [5.74, 6) is 0.305. The normalized spacial score (nSPS) is 12.8. The van der Waals surface area contributed by atoms with E-state index in [-0.39, 0.29) is 17.3 Å². The summed E-state index contributed by atoms with van der Waals surface area (Å²) in [7, 11) is 1.80. The number of ether oxygens (including phenoxy) is 1. The van der Waals surface area contributed by atoms with Crippen LogP contribution in [0.2, 0.25) is 0 Å². The number of unbranched alkanes of at least 4 members (excludes halogenated alkanes) is 1. The van der Waals surface area contributed by atoms with Crippen molar-refractivity contribution in [3.8, 4) is 11.8 Å². The van der Waals surface area contributed by atoms with Crippen LogP contribution in [0.3, 0.4) is 0 Å². The van der Waals surface area contributed by atoms with E-state index in [1.54, 1.807) is 19.2 Å². The lowest BCUT2D eigenvalue weighted by Crippen LogP contribution is -2.14. The summed E-state index contributed by atoms with van der Waals surface area (Å²) in [6.45, 7) is 6.33. The van der Waals surface area contributed by atoms with Crippen molar-refractivity contribution in [2.45, 2.75) is 46.1 Å². The van der Waals surface area contributed by atoms with Gasteiger partial charge in [-0.15, -0.1) is 0 Å². The van der Waals surface area contributed by atoms with Crippen LogP contribution in [0.5, 0.6) is 5.75 Å². The molecule has 4 heteroatoms. The van der Waals surface area contributed by atoms with Gasteiger partial charge in [-0.1, -0.05) is 6.07 Å². The van der Waals surface area contributed by atoms with E-state index in [4.69, 9.17) is 10.00 Å². The smallest absolute Gasteiger partial charge is 0.131 e. The maximum atomic E-state index is 13.9. The van der Waals surface area contributed by atoms with Crippen LogP contribution in [0.4, 0.5) is 4.39 Å². The average molecular weight is 292 g/mol. The minimum absolute atomic E-state index is 0.0211. The maximum absolute atomic E-state index is 13.9. The second-order valence-electron chi connectivity index (χ2n) is 5.99. The van der Waals surface area contributed by atoms with Crippen molar-refractivity contribution in [2.24, 2.45) is 5.41 Å². The van der Waals surface area contributed by atoms with Gasteiger partial charge in [-0.05, 0) is 53.1 Å². The molecule has 0 bridgehead atoms. The van der Waals surface area contributed by atoms with Gasteiger partial charge < -0.3 is 10.1 Å². The van der Waals surface area contributed by atoms with E-state index in [1.807, 2.05) is 20.8 Å². The Labute approximate surface area is 127 Å². The highest BCUT2D eigenvalue weighted by Gasteiger charge is 2.15. The van der Waals surface area contributed by atoms with E-state index >= 15 is 0 Å². The fourth-order valence-electron chi connectivity index (χ4n) is 2.02. The molecule has 0 amide bonds. The van der Waals surface area contributed by atoms with Gasteiger partial charge in [0.15, 0.2) is 0 Å². The first-order chi connectivity index (χ1) is 9.89. The van der Waals surface area contributed by atoms with Gasteiger partial charge in [-0.3, -0.25) is 0 Å². The van der Waals surface area contributed by atoms with Crippen LogP contribution in [0, 0.1) is 22.6 Å². The second-order valence-corrected chi connectivity index (χ2v) is 5.99. The Morgan fingerprint density at radius 3 is 2.67 bits per heavy atom. The van der Waals surface area contributed by atoms with E-state index in [1.165, 1.54) is 6.07 Å². The lowest BCUT2D eigenvalue weighted by Gasteiger charge is -2.15. The summed E-state index contributed by atoms with van der Waals surface area (Å²) < 4.78 is 19.5. The fraction of sp³-hybridized carbons (Fsp3) is 0.588. The molecule has 1 N–H and O–H groups in total. The Morgan fingerprint density at radius 2 is 2.10 bits per heavy atom. The number of nitrogens with zero attached hydrogens (tertiary/aromatic N) is 1. The molecule has 1 rings (SSSR count). The largest absolute Gasteiger partial charge is 0.493 e. The first-order valence-corrected chi connectivity index (χ1v) is 7.40. The van der Waals surface area contributed by atoms with Gasteiger partial charge >= 0.3 is 0 Å². The zero-order valence-electron chi connectivity index (χ0n) is 13.4. The van der Waals surface area contributed by atoms with Gasteiger partial charge in [0, 0.05) is 17.7 Å². The Kier molecular flexibility index (Phi) is 6.64. The summed E-state index contributed by atoms with van der Waals surface area (Å²) in [4.78, 5) is 0. The molecule has 0 aliphatic rings. The highest BCUT2D eigenvalue weighted by atomic mass is 19.1. The highest BCUT2D eigenvalue weighted by molar-refractivity contribution is 5.30.